The van der Waals surface area contributed by atoms with E-state index in [9.17, 15) is 0 Å². The van der Waals surface area contributed by atoms with Crippen molar-refractivity contribution in [3.63, 3.8) is 0 Å². The first-order valence-corrected chi connectivity index (χ1v) is 10.3. The molecule has 0 aliphatic heterocycles. The maximum Gasteiger partial charge on any atom is 0.109 e. The van der Waals surface area contributed by atoms with Crippen LogP contribution in [0.15, 0.2) is 0 Å². The summed E-state index contributed by atoms with van der Waals surface area (Å²) in [6.45, 7) is 18.7. The van der Waals surface area contributed by atoms with E-state index in [0.717, 1.165) is 6.42 Å². The lowest BCUT2D eigenvalue weighted by Crippen LogP contribution is -2.26. The smallest absolute Gasteiger partial charge is 0.109 e. The summed E-state index contributed by atoms with van der Waals surface area (Å²) < 4.78 is 0. The van der Waals surface area contributed by atoms with Crippen LogP contribution in [0.2, 0.25) is 0 Å². The Hall–Kier alpha value is -0.790. The first-order valence-electron chi connectivity index (χ1n) is 10.3. The van der Waals surface area contributed by atoms with Crippen LogP contribution in [0.1, 0.15) is 130 Å². The van der Waals surface area contributed by atoms with Gasteiger partial charge < -0.3 is 4.98 Å². The molecule has 2 nitrogen and oxygen atoms in total. The Morgan fingerprint density at radius 2 is 1.46 bits per heavy atom. The van der Waals surface area contributed by atoms with Crippen molar-refractivity contribution in [3.8, 4) is 0 Å². The third-order valence-corrected chi connectivity index (χ3v) is 5.68. The van der Waals surface area contributed by atoms with Crippen LogP contribution in [0, 0.1) is 0 Å². The minimum atomic E-state index is 0.148. The molecule has 0 saturated carbocycles. The molecule has 0 aliphatic carbocycles. The zero-order valence-corrected chi connectivity index (χ0v) is 17.7. The zero-order chi connectivity index (χ0) is 18.4. The fraction of sp³-hybridized carbons (Fsp3) is 0.864. The van der Waals surface area contributed by atoms with Gasteiger partial charge >= 0.3 is 0 Å². The molecule has 2 heteroatoms. The Labute approximate surface area is 151 Å². The quantitative estimate of drug-likeness (QED) is 0.424. The van der Waals surface area contributed by atoms with E-state index in [-0.39, 0.29) is 10.8 Å². The molecule has 0 saturated heterocycles. The molecule has 0 amide bonds. The van der Waals surface area contributed by atoms with Gasteiger partial charge in [0.25, 0.3) is 0 Å². The molecule has 1 aromatic rings. The van der Waals surface area contributed by atoms with Gasteiger partial charge in [-0.15, -0.1) is 0 Å². The van der Waals surface area contributed by atoms with Crippen LogP contribution in [0.5, 0.6) is 0 Å². The number of nitrogens with one attached hydrogen (secondary N) is 1. The minimum absolute atomic E-state index is 0.148. The lowest BCUT2D eigenvalue weighted by Gasteiger charge is -2.30. The van der Waals surface area contributed by atoms with Crippen molar-refractivity contribution in [1.29, 1.82) is 0 Å². The monoisotopic (exact) mass is 334 g/mol. The molecule has 0 bridgehead atoms. The predicted molar refractivity (Wildman–Crippen MR) is 107 cm³/mol. The molecule has 1 rings (SSSR count). The molecule has 1 N–H and O–H groups in total. The molecular weight excluding hydrogens is 292 g/mol. The summed E-state index contributed by atoms with van der Waals surface area (Å²) >= 11 is 0. The van der Waals surface area contributed by atoms with E-state index in [2.05, 4.69) is 60.4 Å². The highest BCUT2D eigenvalue weighted by Crippen LogP contribution is 2.39. The number of rotatable bonds is 11. The van der Waals surface area contributed by atoms with Gasteiger partial charge in [0.1, 0.15) is 5.82 Å². The van der Waals surface area contributed by atoms with Gasteiger partial charge in [-0.1, -0.05) is 87.5 Å². The van der Waals surface area contributed by atoms with Crippen molar-refractivity contribution in [2.45, 2.75) is 124 Å². The number of H-pyrrole nitrogens is 1. The van der Waals surface area contributed by atoms with E-state index in [1.165, 1.54) is 62.2 Å². The molecule has 24 heavy (non-hydrogen) atoms. The van der Waals surface area contributed by atoms with Crippen LogP contribution in [0.4, 0.5) is 0 Å². The zero-order valence-electron chi connectivity index (χ0n) is 17.7. The third-order valence-electron chi connectivity index (χ3n) is 5.68. The van der Waals surface area contributed by atoms with Crippen molar-refractivity contribution in [2.75, 3.05) is 0 Å². The van der Waals surface area contributed by atoms with E-state index in [1.807, 2.05) is 0 Å². The average molecular weight is 335 g/mol. The molecule has 0 radical (unpaired) electrons. The largest absolute Gasteiger partial charge is 0.345 e. The number of hydrogen-bond acceptors (Lipinski definition) is 1. The maximum absolute atomic E-state index is 5.14. The Morgan fingerprint density at radius 3 is 2.00 bits per heavy atom. The van der Waals surface area contributed by atoms with Crippen LogP contribution in [-0.4, -0.2) is 9.97 Å². The molecule has 0 fully saturated rings. The van der Waals surface area contributed by atoms with Gasteiger partial charge in [0, 0.05) is 22.4 Å². The number of aromatic amines is 1. The highest BCUT2D eigenvalue weighted by Gasteiger charge is 2.34. The second-order valence-electron chi connectivity index (χ2n) is 8.98. The Morgan fingerprint density at radius 1 is 0.875 bits per heavy atom. The van der Waals surface area contributed by atoms with Crippen LogP contribution in [-0.2, 0) is 10.8 Å². The molecule has 1 heterocycles. The molecule has 0 aliphatic rings. The molecule has 0 spiro atoms. The van der Waals surface area contributed by atoms with Gasteiger partial charge in [-0.25, -0.2) is 4.98 Å². The summed E-state index contributed by atoms with van der Waals surface area (Å²) in [4.78, 5) is 8.92. The predicted octanol–water partition coefficient (Wildman–Crippen LogP) is 7.25. The van der Waals surface area contributed by atoms with E-state index in [0.29, 0.717) is 5.92 Å². The third kappa shape index (κ3) is 5.36. The van der Waals surface area contributed by atoms with Crippen LogP contribution < -0.4 is 0 Å². The van der Waals surface area contributed by atoms with Crippen molar-refractivity contribution in [2.24, 2.45) is 0 Å². The van der Waals surface area contributed by atoms with Gasteiger partial charge in [-0.05, 0) is 19.3 Å². The molecule has 140 valence electrons. The van der Waals surface area contributed by atoms with Gasteiger partial charge in [0.2, 0.25) is 0 Å². The van der Waals surface area contributed by atoms with E-state index in [1.54, 1.807) is 0 Å². The van der Waals surface area contributed by atoms with Gasteiger partial charge in [0.15, 0.2) is 0 Å². The normalized spacial score (nSPS) is 14.2. The summed E-state index contributed by atoms with van der Waals surface area (Å²) in [5.74, 6) is 1.70. The summed E-state index contributed by atoms with van der Waals surface area (Å²) in [7, 11) is 0. The van der Waals surface area contributed by atoms with Crippen molar-refractivity contribution < 1.29 is 0 Å². The first-order chi connectivity index (χ1) is 11.2. The number of nitrogens with zero attached hydrogens (tertiary/aromatic N) is 1. The Bertz CT molecular complexity index is 482. The number of hydrogen-bond donors (Lipinski definition) is 1. The summed E-state index contributed by atoms with van der Waals surface area (Å²) in [5, 5.41) is 0. The molecule has 1 atom stereocenters. The lowest BCUT2D eigenvalue weighted by atomic mass is 9.75. The van der Waals surface area contributed by atoms with Crippen LogP contribution in [0.25, 0.3) is 0 Å². The van der Waals surface area contributed by atoms with E-state index >= 15 is 0 Å². The lowest BCUT2D eigenvalue weighted by molar-refractivity contribution is 0.401. The topological polar surface area (TPSA) is 28.7 Å². The van der Waals surface area contributed by atoms with Crippen molar-refractivity contribution in [1.82, 2.24) is 9.97 Å². The highest BCUT2D eigenvalue weighted by molar-refractivity contribution is 5.30. The fourth-order valence-electron chi connectivity index (χ4n) is 3.48. The Kier molecular flexibility index (Phi) is 8.02. The maximum atomic E-state index is 5.14. The SMILES string of the molecule is CCCCCC(C)(C)c1[nH]c(C(C)CC)nc1C(C)(C)CCCC. The van der Waals surface area contributed by atoms with Gasteiger partial charge in [-0.3, -0.25) is 0 Å². The minimum Gasteiger partial charge on any atom is -0.345 e. The summed E-state index contributed by atoms with van der Waals surface area (Å²) in [6, 6.07) is 0. The summed E-state index contributed by atoms with van der Waals surface area (Å²) in [6.07, 6.45) is 10.0. The van der Waals surface area contributed by atoms with Gasteiger partial charge in [0.05, 0.1) is 5.69 Å². The van der Waals surface area contributed by atoms with Crippen LogP contribution >= 0.6 is 0 Å². The second kappa shape index (κ2) is 9.06. The molecule has 1 unspecified atom stereocenters. The Balaban J connectivity index is 3.22. The molecular formula is C22H42N2. The molecule has 0 aromatic carbocycles. The van der Waals surface area contributed by atoms with Crippen molar-refractivity contribution in [3.05, 3.63) is 17.2 Å². The highest BCUT2D eigenvalue weighted by atomic mass is 15.0. The number of imidazole rings is 1. The van der Waals surface area contributed by atoms with E-state index in [4.69, 9.17) is 4.98 Å². The van der Waals surface area contributed by atoms with Crippen LogP contribution in [0.3, 0.4) is 0 Å². The average Bonchev–Trinajstić information content (AvgIpc) is 2.99. The standard InChI is InChI=1S/C22H42N2/c1-9-12-14-16-22(7,8)19-18(21(5,6)15-13-10-2)23-20(24-19)17(4)11-3/h17H,9-16H2,1-8H3,(H,23,24). The first kappa shape index (κ1) is 21.3. The fourth-order valence-corrected chi connectivity index (χ4v) is 3.48. The molecule has 1 aromatic heterocycles. The number of unbranched alkanes of at least 4 members (excludes halogenated alkanes) is 3. The van der Waals surface area contributed by atoms with E-state index < -0.39 is 0 Å². The van der Waals surface area contributed by atoms with Crippen molar-refractivity contribution >= 4 is 0 Å². The van der Waals surface area contributed by atoms with Gasteiger partial charge in [-0.2, -0.15) is 0 Å². The number of aromatic nitrogens is 2. The second-order valence-corrected chi connectivity index (χ2v) is 8.98. The summed E-state index contributed by atoms with van der Waals surface area (Å²) in [5.41, 5.74) is 3.05.